The summed E-state index contributed by atoms with van der Waals surface area (Å²) in [5.41, 5.74) is -0.301. The van der Waals surface area contributed by atoms with Crippen LogP contribution in [-0.4, -0.2) is 22.4 Å². The van der Waals surface area contributed by atoms with Crippen LogP contribution < -0.4 is 4.74 Å². The van der Waals surface area contributed by atoms with Gasteiger partial charge in [-0.15, -0.1) is 0 Å². The molecule has 2 rings (SSSR count). The summed E-state index contributed by atoms with van der Waals surface area (Å²) in [6.07, 6.45) is 3.47. The summed E-state index contributed by atoms with van der Waals surface area (Å²) in [5, 5.41) is 19.0. The minimum atomic E-state index is -0.772. The van der Waals surface area contributed by atoms with Crippen molar-refractivity contribution in [2.75, 3.05) is 6.61 Å². The zero-order valence-corrected chi connectivity index (χ0v) is 9.66. The highest BCUT2D eigenvalue weighted by Gasteiger charge is 2.31. The van der Waals surface area contributed by atoms with Gasteiger partial charge >= 0.3 is 0 Å². The number of rotatable bonds is 4. The summed E-state index contributed by atoms with van der Waals surface area (Å²) in [5.74, 6) is -0.0839. The standard InChI is InChI=1S/C13H17FO3/c14-11-5-10(8-15)6-12(7-11)17-9-13(16)3-1-2-4-13/h5-7,15-16H,1-4,8-9H2. The van der Waals surface area contributed by atoms with Gasteiger partial charge in [-0.25, -0.2) is 4.39 Å². The monoisotopic (exact) mass is 240 g/mol. The Hall–Kier alpha value is -1.13. The number of hydrogen-bond donors (Lipinski definition) is 2. The van der Waals surface area contributed by atoms with Crippen LogP contribution in [0.2, 0.25) is 0 Å². The second kappa shape index (κ2) is 5.02. The largest absolute Gasteiger partial charge is 0.490 e. The first-order valence-corrected chi connectivity index (χ1v) is 5.87. The Balaban J connectivity index is 2.00. The predicted molar refractivity (Wildman–Crippen MR) is 61.2 cm³/mol. The van der Waals surface area contributed by atoms with Crippen molar-refractivity contribution in [1.29, 1.82) is 0 Å². The molecule has 3 nitrogen and oxygen atoms in total. The van der Waals surface area contributed by atoms with Gasteiger partial charge in [0.15, 0.2) is 0 Å². The van der Waals surface area contributed by atoms with Crippen molar-refractivity contribution in [2.45, 2.75) is 37.9 Å². The van der Waals surface area contributed by atoms with Gasteiger partial charge in [-0.1, -0.05) is 12.8 Å². The highest BCUT2D eigenvalue weighted by Crippen LogP contribution is 2.30. The van der Waals surface area contributed by atoms with Crippen LogP contribution in [0, 0.1) is 5.82 Å². The predicted octanol–water partition coefficient (Wildman–Crippen LogP) is 2.00. The third kappa shape index (κ3) is 3.17. The van der Waals surface area contributed by atoms with Crippen molar-refractivity contribution in [1.82, 2.24) is 0 Å². The van der Waals surface area contributed by atoms with Crippen molar-refractivity contribution in [2.24, 2.45) is 0 Å². The van der Waals surface area contributed by atoms with Gasteiger partial charge in [-0.3, -0.25) is 0 Å². The number of halogens is 1. The number of benzene rings is 1. The molecule has 0 saturated heterocycles. The molecule has 17 heavy (non-hydrogen) atoms. The fourth-order valence-corrected chi connectivity index (χ4v) is 2.19. The third-order valence-corrected chi connectivity index (χ3v) is 3.16. The van der Waals surface area contributed by atoms with Crippen LogP contribution >= 0.6 is 0 Å². The van der Waals surface area contributed by atoms with E-state index in [9.17, 15) is 9.50 Å². The van der Waals surface area contributed by atoms with Gasteiger partial charge in [0.2, 0.25) is 0 Å². The molecule has 0 atom stereocenters. The molecule has 94 valence electrons. The smallest absolute Gasteiger partial charge is 0.127 e. The van der Waals surface area contributed by atoms with Crippen LogP contribution in [0.4, 0.5) is 4.39 Å². The molecule has 1 aromatic carbocycles. The molecule has 0 aliphatic heterocycles. The first-order valence-electron chi connectivity index (χ1n) is 5.87. The Bertz CT molecular complexity index is 386. The third-order valence-electron chi connectivity index (χ3n) is 3.16. The SMILES string of the molecule is OCc1cc(F)cc(OCC2(O)CCCC2)c1. The Morgan fingerprint density at radius 3 is 2.59 bits per heavy atom. The lowest BCUT2D eigenvalue weighted by atomic mass is 10.0. The van der Waals surface area contributed by atoms with E-state index in [-0.39, 0.29) is 13.2 Å². The average Bonchev–Trinajstić information content (AvgIpc) is 2.73. The van der Waals surface area contributed by atoms with E-state index in [1.807, 2.05) is 0 Å². The van der Waals surface area contributed by atoms with E-state index in [1.54, 1.807) is 6.07 Å². The molecule has 1 aliphatic carbocycles. The maximum absolute atomic E-state index is 13.2. The molecule has 0 amide bonds. The van der Waals surface area contributed by atoms with Gasteiger partial charge in [0, 0.05) is 6.07 Å². The summed E-state index contributed by atoms with van der Waals surface area (Å²) in [6.45, 7) is -0.0420. The average molecular weight is 240 g/mol. The summed E-state index contributed by atoms with van der Waals surface area (Å²) in [4.78, 5) is 0. The minimum absolute atomic E-state index is 0.182. The van der Waals surface area contributed by atoms with E-state index in [1.165, 1.54) is 12.1 Å². The van der Waals surface area contributed by atoms with Crippen molar-refractivity contribution in [3.05, 3.63) is 29.6 Å². The van der Waals surface area contributed by atoms with E-state index in [0.29, 0.717) is 11.3 Å². The molecule has 1 saturated carbocycles. The number of ether oxygens (including phenoxy) is 1. The highest BCUT2D eigenvalue weighted by atomic mass is 19.1. The van der Waals surface area contributed by atoms with Gasteiger partial charge in [0.1, 0.15) is 18.2 Å². The van der Waals surface area contributed by atoms with Crippen molar-refractivity contribution in [3.8, 4) is 5.75 Å². The van der Waals surface area contributed by atoms with Gasteiger partial charge in [-0.2, -0.15) is 0 Å². The van der Waals surface area contributed by atoms with Gasteiger partial charge in [-0.05, 0) is 30.5 Å². The molecule has 1 fully saturated rings. The lowest BCUT2D eigenvalue weighted by molar-refractivity contribution is 0.00127. The lowest BCUT2D eigenvalue weighted by Crippen LogP contribution is -2.32. The topological polar surface area (TPSA) is 49.7 Å². The van der Waals surface area contributed by atoms with Gasteiger partial charge in [0.25, 0.3) is 0 Å². The van der Waals surface area contributed by atoms with Crippen LogP contribution in [0.3, 0.4) is 0 Å². The summed E-state index contributed by atoms with van der Waals surface area (Å²) in [7, 11) is 0. The molecule has 0 aromatic heterocycles. The Morgan fingerprint density at radius 1 is 1.24 bits per heavy atom. The van der Waals surface area contributed by atoms with Gasteiger partial charge in [0.05, 0.1) is 12.2 Å². The van der Waals surface area contributed by atoms with Crippen molar-refractivity contribution in [3.63, 3.8) is 0 Å². The molecule has 0 bridgehead atoms. The normalized spacial score (nSPS) is 18.3. The molecule has 0 radical (unpaired) electrons. The van der Waals surface area contributed by atoms with Crippen LogP contribution in [0.15, 0.2) is 18.2 Å². The molecule has 4 heteroatoms. The molecule has 1 aromatic rings. The molecular weight excluding hydrogens is 223 g/mol. The van der Waals surface area contributed by atoms with E-state index in [4.69, 9.17) is 9.84 Å². The minimum Gasteiger partial charge on any atom is -0.490 e. The van der Waals surface area contributed by atoms with Gasteiger partial charge < -0.3 is 14.9 Å². The maximum atomic E-state index is 13.2. The van der Waals surface area contributed by atoms with Crippen LogP contribution in [0.25, 0.3) is 0 Å². The molecule has 0 spiro atoms. The zero-order chi connectivity index (χ0) is 12.3. The molecular formula is C13H17FO3. The van der Waals surface area contributed by atoms with Crippen LogP contribution in [0.5, 0.6) is 5.75 Å². The van der Waals surface area contributed by atoms with E-state index >= 15 is 0 Å². The second-order valence-electron chi connectivity index (χ2n) is 4.67. The zero-order valence-electron chi connectivity index (χ0n) is 9.66. The molecule has 2 N–H and O–H groups in total. The highest BCUT2D eigenvalue weighted by molar-refractivity contribution is 5.29. The van der Waals surface area contributed by atoms with E-state index in [0.717, 1.165) is 25.7 Å². The van der Waals surface area contributed by atoms with Crippen LogP contribution in [0.1, 0.15) is 31.2 Å². The lowest BCUT2D eigenvalue weighted by Gasteiger charge is -2.22. The fraction of sp³-hybridized carbons (Fsp3) is 0.538. The summed E-state index contributed by atoms with van der Waals surface area (Å²) in [6, 6.07) is 4.11. The Kier molecular flexibility index (Phi) is 3.64. The molecule has 1 aliphatic rings. The summed E-state index contributed by atoms with van der Waals surface area (Å²) < 4.78 is 18.6. The molecule has 0 unspecified atom stereocenters. The maximum Gasteiger partial charge on any atom is 0.127 e. The van der Waals surface area contributed by atoms with Crippen molar-refractivity contribution >= 4 is 0 Å². The number of hydrogen-bond acceptors (Lipinski definition) is 3. The number of aliphatic hydroxyl groups is 2. The van der Waals surface area contributed by atoms with Crippen LogP contribution in [-0.2, 0) is 6.61 Å². The fourth-order valence-electron chi connectivity index (χ4n) is 2.19. The quantitative estimate of drug-likeness (QED) is 0.846. The Morgan fingerprint density at radius 2 is 1.94 bits per heavy atom. The van der Waals surface area contributed by atoms with E-state index in [2.05, 4.69) is 0 Å². The van der Waals surface area contributed by atoms with E-state index < -0.39 is 11.4 Å². The molecule has 0 heterocycles. The first kappa shape index (κ1) is 12.3. The first-order chi connectivity index (χ1) is 8.11. The van der Waals surface area contributed by atoms with Crippen molar-refractivity contribution < 1.29 is 19.3 Å². The second-order valence-corrected chi connectivity index (χ2v) is 4.67. The summed E-state index contributed by atoms with van der Waals surface area (Å²) >= 11 is 0. The number of aliphatic hydroxyl groups excluding tert-OH is 1. The Labute approximate surface area is 99.8 Å².